The molecule has 4 nitrogen and oxygen atoms in total. The summed E-state index contributed by atoms with van der Waals surface area (Å²) in [6.45, 7) is 2.05. The van der Waals surface area contributed by atoms with Gasteiger partial charge in [0.05, 0.1) is 12.8 Å². The van der Waals surface area contributed by atoms with E-state index in [1.54, 1.807) is 19.5 Å². The van der Waals surface area contributed by atoms with E-state index in [0.717, 1.165) is 33.7 Å². The van der Waals surface area contributed by atoms with Crippen LogP contribution in [0.3, 0.4) is 0 Å². The van der Waals surface area contributed by atoms with Crippen LogP contribution in [-0.2, 0) is 0 Å². The number of aromatic nitrogens is 3. The summed E-state index contributed by atoms with van der Waals surface area (Å²) in [5, 5.41) is 0. The molecule has 4 heteroatoms. The highest BCUT2D eigenvalue weighted by atomic mass is 16.5. The second kappa shape index (κ2) is 4.14. The van der Waals surface area contributed by atoms with Gasteiger partial charge in [0.15, 0.2) is 5.65 Å². The molecule has 2 aromatic heterocycles. The van der Waals surface area contributed by atoms with Gasteiger partial charge in [0.25, 0.3) is 0 Å². The number of rotatable bonds is 2. The maximum absolute atomic E-state index is 5.16. The van der Waals surface area contributed by atoms with Crippen molar-refractivity contribution in [3.05, 3.63) is 42.2 Å². The molecule has 1 N–H and O–H groups in total. The van der Waals surface area contributed by atoms with Crippen molar-refractivity contribution in [1.29, 1.82) is 0 Å². The molecule has 3 aromatic rings. The smallest absolute Gasteiger partial charge is 0.156 e. The Bertz CT molecular complexity index is 686. The van der Waals surface area contributed by atoms with Gasteiger partial charge in [-0.3, -0.25) is 4.98 Å². The topological polar surface area (TPSA) is 50.8 Å². The molecule has 0 aliphatic rings. The number of methoxy groups -OCH3 is 1. The molecule has 0 fully saturated rings. The Morgan fingerprint density at radius 1 is 1.06 bits per heavy atom. The van der Waals surface area contributed by atoms with Crippen LogP contribution in [0.1, 0.15) is 5.56 Å². The lowest BCUT2D eigenvalue weighted by molar-refractivity contribution is 0.415. The molecule has 0 saturated carbocycles. The van der Waals surface area contributed by atoms with E-state index in [4.69, 9.17) is 4.74 Å². The van der Waals surface area contributed by atoms with Gasteiger partial charge in [-0.15, -0.1) is 0 Å². The summed E-state index contributed by atoms with van der Waals surface area (Å²) >= 11 is 0. The van der Waals surface area contributed by atoms with Gasteiger partial charge in [-0.2, -0.15) is 0 Å². The second-order valence-electron chi connectivity index (χ2n) is 4.11. The Hall–Kier alpha value is -2.36. The van der Waals surface area contributed by atoms with Crippen molar-refractivity contribution in [3.63, 3.8) is 0 Å². The molecule has 18 heavy (non-hydrogen) atoms. The van der Waals surface area contributed by atoms with Crippen LogP contribution in [0.25, 0.3) is 22.4 Å². The molecule has 0 bridgehead atoms. The standard InChI is InChI=1S/C14H13N3O/c1-9-12(10-3-5-11(18-2)6-4-10)17-14-13(9)15-7-8-16-14/h3-8H,1-2H3,(H,16,17). The first-order chi connectivity index (χ1) is 8.79. The van der Waals surface area contributed by atoms with Gasteiger partial charge >= 0.3 is 0 Å². The summed E-state index contributed by atoms with van der Waals surface area (Å²) in [5.41, 5.74) is 5.01. The second-order valence-corrected chi connectivity index (χ2v) is 4.11. The first kappa shape index (κ1) is 10.8. The first-order valence-corrected chi connectivity index (χ1v) is 5.73. The summed E-state index contributed by atoms with van der Waals surface area (Å²) in [6, 6.07) is 7.94. The molecule has 0 aliphatic carbocycles. The highest BCUT2D eigenvalue weighted by Gasteiger charge is 2.10. The Labute approximate surface area is 105 Å². The lowest BCUT2D eigenvalue weighted by Gasteiger charge is -2.02. The van der Waals surface area contributed by atoms with Crippen LogP contribution < -0.4 is 4.74 Å². The van der Waals surface area contributed by atoms with Crippen molar-refractivity contribution < 1.29 is 4.74 Å². The van der Waals surface area contributed by atoms with E-state index >= 15 is 0 Å². The number of fused-ring (bicyclic) bond motifs is 1. The summed E-state index contributed by atoms with van der Waals surface area (Å²) in [4.78, 5) is 11.9. The Kier molecular flexibility index (Phi) is 2.48. The van der Waals surface area contributed by atoms with E-state index in [0.29, 0.717) is 0 Å². The van der Waals surface area contributed by atoms with Gasteiger partial charge in [-0.25, -0.2) is 4.98 Å². The lowest BCUT2D eigenvalue weighted by Crippen LogP contribution is -1.84. The Balaban J connectivity index is 2.15. The monoisotopic (exact) mass is 239 g/mol. The zero-order valence-electron chi connectivity index (χ0n) is 10.3. The maximum atomic E-state index is 5.16. The molecule has 0 unspecified atom stereocenters. The van der Waals surface area contributed by atoms with Gasteiger partial charge < -0.3 is 9.72 Å². The van der Waals surface area contributed by atoms with E-state index < -0.39 is 0 Å². The van der Waals surface area contributed by atoms with Gasteiger partial charge in [0.1, 0.15) is 11.3 Å². The van der Waals surface area contributed by atoms with Crippen LogP contribution in [0.2, 0.25) is 0 Å². The average molecular weight is 239 g/mol. The van der Waals surface area contributed by atoms with Crippen LogP contribution in [0.5, 0.6) is 5.75 Å². The number of nitrogens with zero attached hydrogens (tertiary/aromatic N) is 2. The van der Waals surface area contributed by atoms with Crippen molar-refractivity contribution in [2.24, 2.45) is 0 Å². The van der Waals surface area contributed by atoms with E-state index in [-0.39, 0.29) is 0 Å². The lowest BCUT2D eigenvalue weighted by atomic mass is 10.1. The number of ether oxygens (including phenoxy) is 1. The molecular formula is C14H13N3O. The van der Waals surface area contributed by atoms with Gasteiger partial charge in [-0.1, -0.05) is 0 Å². The van der Waals surface area contributed by atoms with Crippen molar-refractivity contribution in [2.45, 2.75) is 6.92 Å². The van der Waals surface area contributed by atoms with Crippen molar-refractivity contribution in [1.82, 2.24) is 15.0 Å². The first-order valence-electron chi connectivity index (χ1n) is 5.73. The minimum Gasteiger partial charge on any atom is -0.497 e. The minimum absolute atomic E-state index is 0.820. The maximum Gasteiger partial charge on any atom is 0.156 e. The number of aryl methyl sites for hydroxylation is 1. The van der Waals surface area contributed by atoms with Crippen LogP contribution in [-0.4, -0.2) is 22.1 Å². The van der Waals surface area contributed by atoms with Crippen molar-refractivity contribution in [2.75, 3.05) is 7.11 Å². The summed E-state index contributed by atoms with van der Waals surface area (Å²) in [7, 11) is 1.66. The zero-order chi connectivity index (χ0) is 12.5. The number of H-pyrrole nitrogens is 1. The van der Waals surface area contributed by atoms with E-state index in [9.17, 15) is 0 Å². The molecule has 3 rings (SSSR count). The largest absolute Gasteiger partial charge is 0.497 e. The average Bonchev–Trinajstić information content (AvgIpc) is 2.77. The molecule has 90 valence electrons. The summed E-state index contributed by atoms with van der Waals surface area (Å²) in [6.07, 6.45) is 3.40. The highest BCUT2D eigenvalue weighted by molar-refractivity contribution is 5.84. The number of nitrogens with one attached hydrogen (secondary N) is 1. The fourth-order valence-electron chi connectivity index (χ4n) is 2.08. The number of hydrogen-bond acceptors (Lipinski definition) is 3. The molecule has 0 spiro atoms. The quantitative estimate of drug-likeness (QED) is 0.748. The third kappa shape index (κ3) is 1.62. The molecule has 0 aliphatic heterocycles. The predicted octanol–water partition coefficient (Wildman–Crippen LogP) is 2.94. The molecule has 0 saturated heterocycles. The minimum atomic E-state index is 0.820. The fourth-order valence-corrected chi connectivity index (χ4v) is 2.08. The SMILES string of the molecule is COc1ccc(-c2[nH]c3nccnc3c2C)cc1. The molecular weight excluding hydrogens is 226 g/mol. The third-order valence-electron chi connectivity index (χ3n) is 3.05. The van der Waals surface area contributed by atoms with Crippen LogP contribution in [0, 0.1) is 6.92 Å². The number of aromatic amines is 1. The van der Waals surface area contributed by atoms with Gasteiger partial charge in [-0.05, 0) is 36.8 Å². The van der Waals surface area contributed by atoms with Crippen LogP contribution >= 0.6 is 0 Å². The fraction of sp³-hybridized carbons (Fsp3) is 0.143. The summed E-state index contributed by atoms with van der Waals surface area (Å²) < 4.78 is 5.16. The molecule has 2 heterocycles. The van der Waals surface area contributed by atoms with Gasteiger partial charge in [0.2, 0.25) is 0 Å². The van der Waals surface area contributed by atoms with E-state index in [1.807, 2.05) is 31.2 Å². The molecule has 0 amide bonds. The Morgan fingerprint density at radius 3 is 2.44 bits per heavy atom. The van der Waals surface area contributed by atoms with Gasteiger partial charge in [0, 0.05) is 18.0 Å². The van der Waals surface area contributed by atoms with Crippen LogP contribution in [0.15, 0.2) is 36.7 Å². The molecule has 1 aromatic carbocycles. The third-order valence-corrected chi connectivity index (χ3v) is 3.05. The summed E-state index contributed by atoms with van der Waals surface area (Å²) in [5.74, 6) is 0.851. The Morgan fingerprint density at radius 2 is 1.78 bits per heavy atom. The van der Waals surface area contributed by atoms with E-state index in [2.05, 4.69) is 15.0 Å². The van der Waals surface area contributed by atoms with E-state index in [1.165, 1.54) is 0 Å². The number of benzene rings is 1. The van der Waals surface area contributed by atoms with Crippen molar-refractivity contribution >= 4 is 11.2 Å². The normalized spacial score (nSPS) is 10.8. The molecule has 0 atom stereocenters. The van der Waals surface area contributed by atoms with Crippen molar-refractivity contribution in [3.8, 4) is 17.0 Å². The highest BCUT2D eigenvalue weighted by Crippen LogP contribution is 2.28. The molecule has 0 radical (unpaired) electrons. The van der Waals surface area contributed by atoms with Crippen LogP contribution in [0.4, 0.5) is 0 Å². The number of hydrogen-bond donors (Lipinski definition) is 1. The predicted molar refractivity (Wildman–Crippen MR) is 70.6 cm³/mol. The zero-order valence-corrected chi connectivity index (χ0v) is 10.3.